The average Bonchev–Trinajstić information content (AvgIpc) is 2.89. The SMILES string of the molecule is CC(C)C(C(=O)O)c1ccc(C2(C(N)=O)CCOC2)cc1. The minimum Gasteiger partial charge on any atom is -0.481 e. The molecule has 1 aromatic rings. The molecule has 0 aromatic heterocycles. The summed E-state index contributed by atoms with van der Waals surface area (Å²) < 4.78 is 5.34. The summed E-state index contributed by atoms with van der Waals surface area (Å²) >= 11 is 0. The van der Waals surface area contributed by atoms with Crippen LogP contribution in [0.25, 0.3) is 0 Å². The van der Waals surface area contributed by atoms with Crippen molar-refractivity contribution < 1.29 is 19.4 Å². The van der Waals surface area contributed by atoms with Crippen LogP contribution >= 0.6 is 0 Å². The van der Waals surface area contributed by atoms with E-state index in [0.717, 1.165) is 11.1 Å². The van der Waals surface area contributed by atoms with Gasteiger partial charge in [-0.05, 0) is 23.5 Å². The van der Waals surface area contributed by atoms with Crippen LogP contribution in [0, 0.1) is 5.92 Å². The first kappa shape index (κ1) is 15.5. The van der Waals surface area contributed by atoms with Gasteiger partial charge in [0.2, 0.25) is 5.91 Å². The van der Waals surface area contributed by atoms with Crippen LogP contribution in [0.4, 0.5) is 0 Å². The summed E-state index contributed by atoms with van der Waals surface area (Å²) in [5.74, 6) is -1.80. The standard InChI is InChI=1S/C16H21NO4/c1-10(2)13(14(18)19)11-3-5-12(6-4-11)16(15(17)20)7-8-21-9-16/h3-6,10,13H,7-9H2,1-2H3,(H2,17,20)(H,18,19). The Morgan fingerprint density at radius 3 is 2.29 bits per heavy atom. The summed E-state index contributed by atoms with van der Waals surface area (Å²) in [7, 11) is 0. The van der Waals surface area contributed by atoms with E-state index in [-0.39, 0.29) is 12.5 Å². The summed E-state index contributed by atoms with van der Waals surface area (Å²) in [5, 5.41) is 9.32. The molecule has 1 amide bonds. The third kappa shape index (κ3) is 2.78. The van der Waals surface area contributed by atoms with E-state index in [1.54, 1.807) is 24.3 Å². The molecule has 1 aromatic carbocycles. The van der Waals surface area contributed by atoms with Crippen molar-refractivity contribution in [2.24, 2.45) is 11.7 Å². The number of carbonyl (C=O) groups excluding carboxylic acids is 1. The molecule has 2 rings (SSSR count). The molecule has 5 heteroatoms. The van der Waals surface area contributed by atoms with E-state index >= 15 is 0 Å². The smallest absolute Gasteiger partial charge is 0.311 e. The van der Waals surface area contributed by atoms with Crippen LogP contribution in [-0.4, -0.2) is 30.2 Å². The molecule has 2 unspecified atom stereocenters. The molecule has 21 heavy (non-hydrogen) atoms. The quantitative estimate of drug-likeness (QED) is 0.863. The van der Waals surface area contributed by atoms with Crippen LogP contribution in [-0.2, 0) is 19.7 Å². The molecule has 1 fully saturated rings. The molecule has 3 N–H and O–H groups in total. The van der Waals surface area contributed by atoms with Crippen molar-refractivity contribution in [3.63, 3.8) is 0 Å². The predicted octanol–water partition coefficient (Wildman–Crippen LogP) is 1.65. The van der Waals surface area contributed by atoms with Crippen molar-refractivity contribution in [1.29, 1.82) is 0 Å². The lowest BCUT2D eigenvalue weighted by atomic mass is 9.78. The van der Waals surface area contributed by atoms with Crippen LogP contribution in [0.15, 0.2) is 24.3 Å². The number of rotatable bonds is 5. The zero-order chi connectivity index (χ0) is 15.6. The van der Waals surface area contributed by atoms with Gasteiger partial charge in [0.15, 0.2) is 0 Å². The van der Waals surface area contributed by atoms with Gasteiger partial charge in [-0.1, -0.05) is 38.1 Å². The monoisotopic (exact) mass is 291 g/mol. The van der Waals surface area contributed by atoms with Crippen molar-refractivity contribution in [3.8, 4) is 0 Å². The second-order valence-corrected chi connectivity index (χ2v) is 5.93. The molecular weight excluding hydrogens is 270 g/mol. The fourth-order valence-electron chi connectivity index (χ4n) is 2.95. The van der Waals surface area contributed by atoms with Gasteiger partial charge in [0.1, 0.15) is 0 Å². The summed E-state index contributed by atoms with van der Waals surface area (Å²) in [6.45, 7) is 4.55. The van der Waals surface area contributed by atoms with Gasteiger partial charge < -0.3 is 15.6 Å². The Labute approximate surface area is 124 Å². The van der Waals surface area contributed by atoms with E-state index in [1.807, 2.05) is 13.8 Å². The van der Waals surface area contributed by atoms with E-state index in [2.05, 4.69) is 0 Å². The van der Waals surface area contributed by atoms with Crippen molar-refractivity contribution >= 4 is 11.9 Å². The van der Waals surface area contributed by atoms with Gasteiger partial charge in [0, 0.05) is 6.61 Å². The van der Waals surface area contributed by atoms with Crippen LogP contribution in [0.2, 0.25) is 0 Å². The third-order valence-corrected chi connectivity index (χ3v) is 4.25. The average molecular weight is 291 g/mol. The second kappa shape index (κ2) is 5.85. The maximum absolute atomic E-state index is 11.8. The maximum Gasteiger partial charge on any atom is 0.311 e. The Kier molecular flexibility index (Phi) is 4.32. The molecule has 0 saturated carbocycles. The van der Waals surface area contributed by atoms with Gasteiger partial charge in [-0.2, -0.15) is 0 Å². The van der Waals surface area contributed by atoms with Crippen molar-refractivity contribution in [1.82, 2.24) is 0 Å². The lowest BCUT2D eigenvalue weighted by molar-refractivity contribution is -0.139. The number of aliphatic carboxylic acids is 1. The number of benzene rings is 1. The maximum atomic E-state index is 11.8. The van der Waals surface area contributed by atoms with Gasteiger partial charge in [-0.3, -0.25) is 9.59 Å². The minimum atomic E-state index is -0.841. The van der Waals surface area contributed by atoms with E-state index in [0.29, 0.717) is 13.0 Å². The summed E-state index contributed by atoms with van der Waals surface area (Å²) in [4.78, 5) is 23.2. The zero-order valence-electron chi connectivity index (χ0n) is 12.3. The summed E-state index contributed by atoms with van der Waals surface area (Å²) in [6.07, 6.45) is 0.564. The minimum absolute atomic E-state index is 0.00624. The molecule has 0 aliphatic carbocycles. The molecule has 1 heterocycles. The number of hydrogen-bond donors (Lipinski definition) is 2. The Hall–Kier alpha value is -1.88. The van der Waals surface area contributed by atoms with Crippen molar-refractivity contribution in [3.05, 3.63) is 35.4 Å². The molecule has 114 valence electrons. The number of carboxylic acid groups (broad SMARTS) is 1. The van der Waals surface area contributed by atoms with Gasteiger partial charge in [-0.15, -0.1) is 0 Å². The highest BCUT2D eigenvalue weighted by atomic mass is 16.5. The first-order valence-electron chi connectivity index (χ1n) is 7.09. The number of primary amides is 1. The Morgan fingerprint density at radius 2 is 1.90 bits per heavy atom. The molecule has 0 spiro atoms. The number of nitrogens with two attached hydrogens (primary N) is 1. The van der Waals surface area contributed by atoms with Gasteiger partial charge in [0.05, 0.1) is 17.9 Å². The zero-order valence-corrected chi connectivity index (χ0v) is 12.3. The predicted molar refractivity (Wildman–Crippen MR) is 78.0 cm³/mol. The third-order valence-electron chi connectivity index (χ3n) is 4.25. The highest BCUT2D eigenvalue weighted by molar-refractivity contribution is 5.87. The van der Waals surface area contributed by atoms with Gasteiger partial charge >= 0.3 is 5.97 Å². The van der Waals surface area contributed by atoms with Crippen LogP contribution in [0.1, 0.15) is 37.3 Å². The van der Waals surface area contributed by atoms with Crippen LogP contribution < -0.4 is 5.73 Å². The van der Waals surface area contributed by atoms with Crippen LogP contribution in [0.5, 0.6) is 0 Å². The van der Waals surface area contributed by atoms with Gasteiger partial charge in [-0.25, -0.2) is 0 Å². The van der Waals surface area contributed by atoms with Gasteiger partial charge in [0.25, 0.3) is 0 Å². The molecule has 0 bridgehead atoms. The van der Waals surface area contributed by atoms with E-state index < -0.39 is 23.2 Å². The molecule has 2 atom stereocenters. The number of carboxylic acids is 1. The normalized spacial score (nSPS) is 23.2. The summed E-state index contributed by atoms with van der Waals surface area (Å²) in [5.41, 5.74) is 6.29. The summed E-state index contributed by atoms with van der Waals surface area (Å²) in [6, 6.07) is 7.15. The lowest BCUT2D eigenvalue weighted by Crippen LogP contribution is -2.41. The number of amides is 1. The topological polar surface area (TPSA) is 89.6 Å². The largest absolute Gasteiger partial charge is 0.481 e. The molecule has 1 aliphatic rings. The first-order valence-corrected chi connectivity index (χ1v) is 7.09. The fraction of sp³-hybridized carbons (Fsp3) is 0.500. The number of hydrogen-bond acceptors (Lipinski definition) is 3. The van der Waals surface area contributed by atoms with Crippen molar-refractivity contribution in [2.75, 3.05) is 13.2 Å². The second-order valence-electron chi connectivity index (χ2n) is 5.93. The molecule has 5 nitrogen and oxygen atoms in total. The number of carbonyl (C=O) groups is 2. The lowest BCUT2D eigenvalue weighted by Gasteiger charge is -2.25. The van der Waals surface area contributed by atoms with Crippen LogP contribution in [0.3, 0.4) is 0 Å². The van der Waals surface area contributed by atoms with E-state index in [9.17, 15) is 14.7 Å². The Bertz CT molecular complexity index is 530. The molecular formula is C16H21NO4. The highest BCUT2D eigenvalue weighted by Gasteiger charge is 2.42. The van der Waals surface area contributed by atoms with E-state index in [1.165, 1.54) is 0 Å². The van der Waals surface area contributed by atoms with E-state index in [4.69, 9.17) is 10.5 Å². The molecule has 1 saturated heterocycles. The van der Waals surface area contributed by atoms with Crippen molar-refractivity contribution in [2.45, 2.75) is 31.6 Å². The fourth-order valence-corrected chi connectivity index (χ4v) is 2.95. The highest BCUT2D eigenvalue weighted by Crippen LogP contribution is 2.34. The first-order chi connectivity index (χ1) is 9.88. The molecule has 0 radical (unpaired) electrons. The Morgan fingerprint density at radius 1 is 1.29 bits per heavy atom. The molecule has 1 aliphatic heterocycles. The Balaban J connectivity index is 2.34. The number of ether oxygens (including phenoxy) is 1.